The zero-order valence-corrected chi connectivity index (χ0v) is 19.3. The summed E-state index contributed by atoms with van der Waals surface area (Å²) < 4.78 is 27.4. The number of H-pyrrole nitrogens is 1. The minimum Gasteiger partial charge on any atom is -0.338 e. The van der Waals surface area contributed by atoms with Gasteiger partial charge in [-0.3, -0.25) is 9.48 Å². The normalized spacial score (nSPS) is 18.4. The van der Waals surface area contributed by atoms with E-state index in [4.69, 9.17) is 0 Å². The van der Waals surface area contributed by atoms with Crippen molar-refractivity contribution in [3.63, 3.8) is 0 Å². The number of sulfonamides is 1. The zero-order valence-electron chi connectivity index (χ0n) is 18.5. The first-order valence-electron chi connectivity index (χ1n) is 10.3. The first-order valence-corrected chi connectivity index (χ1v) is 11.8. The van der Waals surface area contributed by atoms with E-state index in [0.717, 1.165) is 10.7 Å². The molecule has 168 valence electrons. The molecule has 10 heteroatoms. The molecule has 0 aliphatic heterocycles. The summed E-state index contributed by atoms with van der Waals surface area (Å²) in [6.07, 6.45) is 2.56. The van der Waals surface area contributed by atoms with E-state index >= 15 is 0 Å². The monoisotopic (exact) mass is 454 g/mol. The van der Waals surface area contributed by atoms with E-state index in [-0.39, 0.29) is 21.8 Å². The van der Waals surface area contributed by atoms with Gasteiger partial charge in [0.25, 0.3) is 5.56 Å². The fourth-order valence-electron chi connectivity index (χ4n) is 4.06. The lowest BCUT2D eigenvalue weighted by molar-refractivity contribution is 0.407. The molecule has 2 aromatic heterocycles. The molecule has 9 nitrogen and oxygen atoms in total. The Hall–Kier alpha value is -3.16. The molecule has 3 aromatic rings. The van der Waals surface area contributed by atoms with Gasteiger partial charge in [-0.05, 0) is 48.1 Å². The Labute approximate surface area is 186 Å². The lowest BCUT2D eigenvalue weighted by atomic mass is 9.98. The van der Waals surface area contributed by atoms with Crippen molar-refractivity contribution in [3.05, 3.63) is 46.9 Å². The van der Waals surface area contributed by atoms with Gasteiger partial charge in [0.15, 0.2) is 5.82 Å². The molecule has 0 spiro atoms. The highest BCUT2D eigenvalue weighted by molar-refractivity contribution is 7.89. The van der Waals surface area contributed by atoms with Crippen molar-refractivity contribution in [1.82, 2.24) is 19.1 Å². The van der Waals surface area contributed by atoms with Crippen LogP contribution in [-0.2, 0) is 16.6 Å². The van der Waals surface area contributed by atoms with Gasteiger partial charge in [-0.25, -0.2) is 12.7 Å². The van der Waals surface area contributed by atoms with Gasteiger partial charge in [0.1, 0.15) is 5.39 Å². The van der Waals surface area contributed by atoms with Crippen molar-refractivity contribution >= 4 is 32.4 Å². The number of rotatable bonds is 7. The molecule has 0 amide bonds. The molecule has 2 N–H and O–H groups in total. The summed E-state index contributed by atoms with van der Waals surface area (Å²) in [6, 6.07) is 10.4. The van der Waals surface area contributed by atoms with Crippen LogP contribution >= 0.6 is 0 Å². The van der Waals surface area contributed by atoms with E-state index in [1.807, 2.05) is 0 Å². The van der Waals surface area contributed by atoms with Crippen LogP contribution in [0.15, 0.2) is 46.2 Å². The highest BCUT2D eigenvalue weighted by Crippen LogP contribution is 2.56. The Morgan fingerprint density at radius 1 is 1.31 bits per heavy atom. The number of hydrogen-bond acceptors (Lipinski definition) is 6. The van der Waals surface area contributed by atoms with Gasteiger partial charge in [0.05, 0.1) is 28.9 Å². The lowest BCUT2D eigenvalue weighted by Gasteiger charge is -2.12. The second kappa shape index (κ2) is 7.76. The minimum absolute atomic E-state index is 0.149. The molecule has 1 aliphatic rings. The van der Waals surface area contributed by atoms with Crippen LogP contribution in [0.3, 0.4) is 0 Å². The first kappa shape index (κ1) is 22.0. The Bertz CT molecular complexity index is 1360. The van der Waals surface area contributed by atoms with Crippen LogP contribution in [0.1, 0.15) is 20.3 Å². The highest BCUT2D eigenvalue weighted by atomic mass is 32.2. The molecule has 2 atom stereocenters. The van der Waals surface area contributed by atoms with Gasteiger partial charge in [0, 0.05) is 26.0 Å². The number of anilines is 2. The number of nitrogens with zero attached hydrogens (tertiary/aromatic N) is 4. The molecule has 0 unspecified atom stereocenters. The maximum Gasteiger partial charge on any atom is 0.261 e. The number of aromatic nitrogens is 3. The van der Waals surface area contributed by atoms with Crippen LogP contribution in [0.25, 0.3) is 10.9 Å². The minimum atomic E-state index is -3.53. The maximum atomic E-state index is 12.6. The van der Waals surface area contributed by atoms with E-state index in [2.05, 4.69) is 35.3 Å². The molecule has 1 aromatic carbocycles. The van der Waals surface area contributed by atoms with Crippen LogP contribution in [0.4, 0.5) is 11.5 Å². The van der Waals surface area contributed by atoms with Gasteiger partial charge < -0.3 is 10.3 Å². The third-order valence-electron chi connectivity index (χ3n) is 6.18. The van der Waals surface area contributed by atoms with Crippen LogP contribution < -0.4 is 10.9 Å². The standard InChI is InChI=1S/C22H26N6O3S/c1-22(2)11-17(22)14(12-23)13-28-18-9-10-24-21(29)19(18)20(26-28)25-15-5-7-16(8-6-15)32(30,31)27(3)4/h5-10,14,17H,11,13H2,1-4H3,(H,24,29)(H,25,26)/t14-,17+/m0/s1. The fraction of sp³-hybridized carbons (Fsp3) is 0.409. The van der Waals surface area contributed by atoms with Gasteiger partial charge in [-0.1, -0.05) is 13.8 Å². The average Bonchev–Trinajstić information content (AvgIpc) is 3.23. The Morgan fingerprint density at radius 3 is 2.53 bits per heavy atom. The van der Waals surface area contributed by atoms with Crippen molar-refractivity contribution in [2.75, 3.05) is 19.4 Å². The molecule has 2 heterocycles. The summed E-state index contributed by atoms with van der Waals surface area (Å²) >= 11 is 0. The number of hydrogen-bond donors (Lipinski definition) is 2. The third kappa shape index (κ3) is 3.89. The van der Waals surface area contributed by atoms with Crippen molar-refractivity contribution in [2.45, 2.75) is 31.7 Å². The van der Waals surface area contributed by atoms with E-state index in [1.165, 1.54) is 26.2 Å². The smallest absolute Gasteiger partial charge is 0.261 e. The van der Waals surface area contributed by atoms with E-state index in [1.54, 1.807) is 29.1 Å². The van der Waals surface area contributed by atoms with Crippen molar-refractivity contribution in [1.29, 1.82) is 5.26 Å². The van der Waals surface area contributed by atoms with Crippen LogP contribution in [0, 0.1) is 28.6 Å². The molecule has 32 heavy (non-hydrogen) atoms. The number of nitrogens with one attached hydrogen (secondary N) is 2. The van der Waals surface area contributed by atoms with Crippen LogP contribution in [0.2, 0.25) is 0 Å². The summed E-state index contributed by atoms with van der Waals surface area (Å²) in [4.78, 5) is 15.4. The van der Waals surface area contributed by atoms with Gasteiger partial charge in [-0.2, -0.15) is 10.4 Å². The van der Waals surface area contributed by atoms with Gasteiger partial charge >= 0.3 is 0 Å². The largest absolute Gasteiger partial charge is 0.338 e. The van der Waals surface area contributed by atoms with Gasteiger partial charge in [-0.15, -0.1) is 0 Å². The van der Waals surface area contributed by atoms with Crippen LogP contribution in [0.5, 0.6) is 0 Å². The van der Waals surface area contributed by atoms with Gasteiger partial charge in [0.2, 0.25) is 10.0 Å². The quantitative estimate of drug-likeness (QED) is 0.566. The summed E-state index contributed by atoms with van der Waals surface area (Å²) in [5, 5.41) is 17.8. The average molecular weight is 455 g/mol. The number of fused-ring (bicyclic) bond motifs is 1. The number of nitriles is 1. The fourth-order valence-corrected chi connectivity index (χ4v) is 4.96. The molecular weight excluding hydrogens is 428 g/mol. The Morgan fingerprint density at radius 2 is 1.97 bits per heavy atom. The van der Waals surface area contributed by atoms with E-state index in [0.29, 0.717) is 34.9 Å². The number of aromatic amines is 1. The number of pyridine rings is 1. The molecule has 1 fully saturated rings. The molecule has 1 aliphatic carbocycles. The predicted octanol–water partition coefficient (Wildman–Crippen LogP) is 2.90. The maximum absolute atomic E-state index is 12.6. The van der Waals surface area contributed by atoms with Crippen molar-refractivity contribution in [3.8, 4) is 6.07 Å². The predicted molar refractivity (Wildman–Crippen MR) is 122 cm³/mol. The highest BCUT2D eigenvalue weighted by Gasteiger charge is 2.50. The summed E-state index contributed by atoms with van der Waals surface area (Å²) in [5.41, 5.74) is 1.10. The second-order valence-corrected chi connectivity index (χ2v) is 11.2. The summed E-state index contributed by atoms with van der Waals surface area (Å²) in [5.74, 6) is 0.462. The third-order valence-corrected chi connectivity index (χ3v) is 8.01. The molecule has 1 saturated carbocycles. The molecular formula is C22H26N6O3S. The lowest BCUT2D eigenvalue weighted by Crippen LogP contribution is -2.22. The van der Waals surface area contributed by atoms with Crippen molar-refractivity contribution < 1.29 is 8.42 Å². The SMILES string of the molecule is CN(C)S(=O)(=O)c1ccc(Nc2nn(C[C@H](C#N)[C@H]3CC3(C)C)c3cc[nH]c(=O)c23)cc1. The zero-order chi connectivity index (χ0) is 23.3. The Kier molecular flexibility index (Phi) is 5.35. The first-order chi connectivity index (χ1) is 15.0. The summed E-state index contributed by atoms with van der Waals surface area (Å²) in [6.45, 7) is 4.70. The van der Waals surface area contributed by atoms with E-state index in [9.17, 15) is 18.5 Å². The summed E-state index contributed by atoms with van der Waals surface area (Å²) in [7, 11) is -0.580. The molecule has 4 rings (SSSR count). The van der Waals surface area contributed by atoms with Crippen molar-refractivity contribution in [2.24, 2.45) is 17.3 Å². The van der Waals surface area contributed by atoms with E-state index < -0.39 is 10.0 Å². The topological polar surface area (TPSA) is 124 Å². The Balaban J connectivity index is 1.67. The molecule has 0 radical (unpaired) electrons. The second-order valence-electron chi connectivity index (χ2n) is 9.07. The molecule has 0 saturated heterocycles. The van der Waals surface area contributed by atoms with Crippen LogP contribution in [-0.4, -0.2) is 41.6 Å². The molecule has 0 bridgehead atoms. The number of benzene rings is 1.